The van der Waals surface area contributed by atoms with Gasteiger partial charge in [0, 0.05) is 19.5 Å². The van der Waals surface area contributed by atoms with Gasteiger partial charge in [0.15, 0.2) is 5.03 Å². The van der Waals surface area contributed by atoms with Crippen molar-refractivity contribution >= 4 is 16.0 Å². The van der Waals surface area contributed by atoms with E-state index in [4.69, 9.17) is 9.84 Å². The molecule has 0 amide bonds. The maximum atomic E-state index is 12.3. The van der Waals surface area contributed by atoms with Crippen molar-refractivity contribution in [2.45, 2.75) is 30.9 Å². The number of nitrogens with zero attached hydrogens (tertiary/aromatic N) is 2. The van der Waals surface area contributed by atoms with Gasteiger partial charge in [-0.25, -0.2) is 18.2 Å². The molecule has 0 saturated carbocycles. The zero-order valence-corrected chi connectivity index (χ0v) is 12.1. The number of aryl methyl sites for hydroxylation is 1. The molecule has 20 heavy (non-hydrogen) atoms. The molecule has 2 N–H and O–H groups in total. The molecule has 0 unspecified atom stereocenters. The monoisotopic (exact) mass is 303 g/mol. The van der Waals surface area contributed by atoms with E-state index in [1.165, 1.54) is 10.5 Å². The van der Waals surface area contributed by atoms with Crippen molar-refractivity contribution in [1.82, 2.24) is 14.3 Å². The SMILES string of the molecule is CCc1ncc(S(=O)(=O)N2CC(C)(OCC(=O)O)C2)[nH]1. The number of hydrogen-bond acceptors (Lipinski definition) is 5. The number of aromatic nitrogens is 2. The molecule has 0 radical (unpaired) electrons. The minimum absolute atomic E-state index is 0.0506. The minimum Gasteiger partial charge on any atom is -0.480 e. The van der Waals surface area contributed by atoms with Crippen molar-refractivity contribution in [1.29, 1.82) is 0 Å². The van der Waals surface area contributed by atoms with E-state index in [1.54, 1.807) is 6.92 Å². The summed E-state index contributed by atoms with van der Waals surface area (Å²) in [4.78, 5) is 17.2. The quantitative estimate of drug-likeness (QED) is 0.755. The molecule has 1 aromatic heterocycles. The van der Waals surface area contributed by atoms with Gasteiger partial charge in [-0.1, -0.05) is 6.92 Å². The number of sulfonamides is 1. The predicted molar refractivity (Wildman–Crippen MR) is 68.7 cm³/mol. The second-order valence-electron chi connectivity index (χ2n) is 4.95. The molecule has 1 aromatic rings. The minimum atomic E-state index is -3.61. The van der Waals surface area contributed by atoms with Gasteiger partial charge >= 0.3 is 5.97 Å². The van der Waals surface area contributed by atoms with Crippen LogP contribution in [0.25, 0.3) is 0 Å². The molecule has 9 heteroatoms. The first-order valence-electron chi connectivity index (χ1n) is 6.16. The molecule has 0 aromatic carbocycles. The van der Waals surface area contributed by atoms with Crippen LogP contribution in [0.15, 0.2) is 11.2 Å². The highest BCUT2D eigenvalue weighted by Gasteiger charge is 2.47. The molecule has 1 fully saturated rings. The molecule has 2 rings (SSSR count). The van der Waals surface area contributed by atoms with Crippen LogP contribution in [0.2, 0.25) is 0 Å². The molecule has 2 heterocycles. The lowest BCUT2D eigenvalue weighted by atomic mass is 10.0. The summed E-state index contributed by atoms with van der Waals surface area (Å²) in [5, 5.41) is 8.61. The highest BCUT2D eigenvalue weighted by molar-refractivity contribution is 7.89. The third kappa shape index (κ3) is 2.84. The number of aromatic amines is 1. The summed E-state index contributed by atoms with van der Waals surface area (Å²) in [6.07, 6.45) is 1.91. The fraction of sp³-hybridized carbons (Fsp3) is 0.636. The fourth-order valence-corrected chi connectivity index (χ4v) is 3.59. The van der Waals surface area contributed by atoms with Gasteiger partial charge in [0.25, 0.3) is 10.0 Å². The third-order valence-electron chi connectivity index (χ3n) is 3.12. The number of imidazole rings is 1. The number of H-pyrrole nitrogens is 1. The highest BCUT2D eigenvalue weighted by Crippen LogP contribution is 2.30. The van der Waals surface area contributed by atoms with Crippen LogP contribution in [-0.2, 0) is 26.0 Å². The summed E-state index contributed by atoms with van der Waals surface area (Å²) in [5.74, 6) is -0.470. The molecule has 0 bridgehead atoms. The van der Waals surface area contributed by atoms with Gasteiger partial charge in [0.05, 0.1) is 11.8 Å². The second kappa shape index (κ2) is 5.15. The van der Waals surface area contributed by atoms with Crippen LogP contribution < -0.4 is 0 Å². The average molecular weight is 303 g/mol. The van der Waals surface area contributed by atoms with E-state index < -0.39 is 28.2 Å². The van der Waals surface area contributed by atoms with Gasteiger partial charge in [-0.05, 0) is 6.92 Å². The number of hydrogen-bond donors (Lipinski definition) is 2. The number of aliphatic carboxylic acids is 1. The van der Waals surface area contributed by atoms with E-state index in [0.717, 1.165) is 0 Å². The Hall–Kier alpha value is -1.45. The lowest BCUT2D eigenvalue weighted by molar-refractivity contribution is -0.157. The lowest BCUT2D eigenvalue weighted by Crippen LogP contribution is -2.63. The standard InChI is InChI=1S/C11H17N3O5S/c1-3-8-12-4-9(13-8)20(17,18)14-6-11(2,7-14)19-5-10(15)16/h4H,3,5-7H2,1-2H3,(H,12,13)(H,15,16). The van der Waals surface area contributed by atoms with Crippen LogP contribution in [0, 0.1) is 0 Å². The van der Waals surface area contributed by atoms with Crippen molar-refractivity contribution in [3.63, 3.8) is 0 Å². The smallest absolute Gasteiger partial charge is 0.329 e. The van der Waals surface area contributed by atoms with Crippen LogP contribution in [0.5, 0.6) is 0 Å². The van der Waals surface area contributed by atoms with Crippen LogP contribution in [0.4, 0.5) is 0 Å². The van der Waals surface area contributed by atoms with E-state index in [1.807, 2.05) is 6.92 Å². The summed E-state index contributed by atoms with van der Waals surface area (Å²) in [7, 11) is -3.61. The number of nitrogens with one attached hydrogen (secondary N) is 1. The van der Waals surface area contributed by atoms with Gasteiger partial charge in [-0.3, -0.25) is 0 Å². The highest BCUT2D eigenvalue weighted by atomic mass is 32.2. The Kier molecular flexibility index (Phi) is 3.85. The Bertz CT molecular complexity index is 603. The molecule has 112 valence electrons. The van der Waals surface area contributed by atoms with Crippen LogP contribution in [0.1, 0.15) is 19.7 Å². The molecule has 0 spiro atoms. The van der Waals surface area contributed by atoms with Gasteiger partial charge in [-0.2, -0.15) is 4.31 Å². The summed E-state index contributed by atoms with van der Waals surface area (Å²) in [6, 6.07) is 0. The molecule has 1 aliphatic rings. The average Bonchev–Trinajstić information content (AvgIpc) is 2.82. The number of carbonyl (C=O) groups is 1. The molecular formula is C11H17N3O5S. The van der Waals surface area contributed by atoms with E-state index in [0.29, 0.717) is 12.2 Å². The summed E-state index contributed by atoms with van der Waals surface area (Å²) < 4.78 is 30.9. The lowest BCUT2D eigenvalue weighted by Gasteiger charge is -2.45. The molecule has 0 atom stereocenters. The summed E-state index contributed by atoms with van der Waals surface area (Å²) in [6.45, 7) is 3.38. The molecule has 8 nitrogen and oxygen atoms in total. The zero-order valence-electron chi connectivity index (χ0n) is 11.3. The number of rotatable bonds is 6. The number of carboxylic acids is 1. The fourth-order valence-electron chi connectivity index (χ4n) is 1.99. The maximum Gasteiger partial charge on any atom is 0.329 e. The van der Waals surface area contributed by atoms with Crippen LogP contribution in [-0.4, -0.2) is 59.1 Å². The van der Waals surface area contributed by atoms with Crippen molar-refractivity contribution in [3.8, 4) is 0 Å². The Morgan fingerprint density at radius 3 is 2.75 bits per heavy atom. The van der Waals surface area contributed by atoms with Gasteiger partial charge in [-0.15, -0.1) is 0 Å². The molecule has 1 saturated heterocycles. The van der Waals surface area contributed by atoms with Crippen molar-refractivity contribution < 1.29 is 23.1 Å². The molecular weight excluding hydrogens is 286 g/mol. The Morgan fingerprint density at radius 2 is 2.25 bits per heavy atom. The summed E-state index contributed by atoms with van der Waals surface area (Å²) >= 11 is 0. The van der Waals surface area contributed by atoms with Gasteiger partial charge < -0.3 is 14.8 Å². The van der Waals surface area contributed by atoms with Crippen LogP contribution >= 0.6 is 0 Å². The largest absolute Gasteiger partial charge is 0.480 e. The van der Waals surface area contributed by atoms with E-state index >= 15 is 0 Å². The Labute approximate surface area is 116 Å². The predicted octanol–water partition coefficient (Wildman–Crippen LogP) is -0.164. The Morgan fingerprint density at radius 1 is 1.60 bits per heavy atom. The molecule has 0 aliphatic carbocycles. The topological polar surface area (TPSA) is 113 Å². The first kappa shape index (κ1) is 14.9. The first-order chi connectivity index (χ1) is 9.27. The third-order valence-corrected chi connectivity index (χ3v) is 4.82. The molecule has 1 aliphatic heterocycles. The van der Waals surface area contributed by atoms with E-state index in [2.05, 4.69) is 9.97 Å². The van der Waals surface area contributed by atoms with E-state index in [9.17, 15) is 13.2 Å². The van der Waals surface area contributed by atoms with Crippen LogP contribution in [0.3, 0.4) is 0 Å². The normalized spacial score (nSPS) is 18.7. The Balaban J connectivity index is 2.02. The van der Waals surface area contributed by atoms with Crippen molar-refractivity contribution in [3.05, 3.63) is 12.0 Å². The first-order valence-corrected chi connectivity index (χ1v) is 7.60. The van der Waals surface area contributed by atoms with Gasteiger partial charge in [0.1, 0.15) is 12.4 Å². The van der Waals surface area contributed by atoms with Gasteiger partial charge in [0.2, 0.25) is 0 Å². The maximum absolute atomic E-state index is 12.3. The van der Waals surface area contributed by atoms with Crippen molar-refractivity contribution in [2.24, 2.45) is 0 Å². The zero-order chi connectivity index (χ0) is 15.0. The number of ether oxygens (including phenoxy) is 1. The summed E-state index contributed by atoms with van der Waals surface area (Å²) in [5.41, 5.74) is -0.751. The number of carboxylic acid groups (broad SMARTS) is 1. The van der Waals surface area contributed by atoms with E-state index in [-0.39, 0.29) is 18.1 Å². The van der Waals surface area contributed by atoms with Crippen molar-refractivity contribution in [2.75, 3.05) is 19.7 Å². The second-order valence-corrected chi connectivity index (χ2v) is 6.86.